The van der Waals surface area contributed by atoms with Gasteiger partial charge in [-0.2, -0.15) is 11.1 Å². The fraction of sp³-hybridized carbons (Fsp3) is 1.00. The predicted molar refractivity (Wildman–Crippen MR) is 50.4 cm³/mol. The molecule has 0 nitrogen and oxygen atoms in total. The minimum Gasteiger partial charge on any atom is -0.176 e. The highest BCUT2D eigenvalue weighted by Gasteiger charge is 2.18. The standard InChI is InChI=1S/C8H17ClSi/c1-7(10-9)8-5-3-2-4-6-8/h7-8H,2-6,10H2,1H3. The molecule has 1 atom stereocenters. The van der Waals surface area contributed by atoms with Crippen molar-refractivity contribution in [2.75, 3.05) is 0 Å². The smallest absolute Gasteiger partial charge is 0.128 e. The van der Waals surface area contributed by atoms with Gasteiger partial charge < -0.3 is 0 Å². The Bertz CT molecular complexity index is 89.3. The molecule has 0 N–H and O–H groups in total. The molecule has 0 spiro atoms. The van der Waals surface area contributed by atoms with E-state index in [0.29, 0.717) is 0 Å². The monoisotopic (exact) mass is 176 g/mol. The molecule has 2 heteroatoms. The summed E-state index contributed by atoms with van der Waals surface area (Å²) in [5.74, 6) is 0.998. The molecule has 0 aromatic rings. The molecule has 0 heterocycles. The average Bonchev–Trinajstić information content (AvgIpc) is 2.05. The van der Waals surface area contributed by atoms with Crippen LogP contribution in [0.4, 0.5) is 0 Å². The van der Waals surface area contributed by atoms with Crippen molar-refractivity contribution in [3.05, 3.63) is 0 Å². The van der Waals surface area contributed by atoms with Crippen LogP contribution < -0.4 is 0 Å². The van der Waals surface area contributed by atoms with Gasteiger partial charge in [0.2, 0.25) is 0 Å². The Morgan fingerprint density at radius 2 is 1.90 bits per heavy atom. The molecule has 1 aliphatic rings. The molecule has 10 heavy (non-hydrogen) atoms. The Balaban J connectivity index is 2.24. The van der Waals surface area contributed by atoms with Crippen molar-refractivity contribution in [1.29, 1.82) is 0 Å². The summed E-state index contributed by atoms with van der Waals surface area (Å²) in [6.45, 7) is 2.34. The van der Waals surface area contributed by atoms with E-state index in [4.69, 9.17) is 11.1 Å². The molecule has 0 amide bonds. The molecular formula is C8H17ClSi. The Morgan fingerprint density at radius 3 is 2.40 bits per heavy atom. The van der Waals surface area contributed by atoms with Gasteiger partial charge in [-0.3, -0.25) is 0 Å². The van der Waals surface area contributed by atoms with Crippen LogP contribution in [-0.4, -0.2) is 8.83 Å². The molecule has 0 aromatic carbocycles. The molecule has 1 aliphatic carbocycles. The normalized spacial score (nSPS) is 25.8. The van der Waals surface area contributed by atoms with Crippen molar-refractivity contribution >= 4 is 19.9 Å². The van der Waals surface area contributed by atoms with Crippen molar-refractivity contribution in [2.45, 2.75) is 44.6 Å². The first-order valence-corrected chi connectivity index (χ1v) is 7.36. The van der Waals surface area contributed by atoms with E-state index in [9.17, 15) is 0 Å². The highest BCUT2D eigenvalue weighted by Crippen LogP contribution is 2.32. The van der Waals surface area contributed by atoms with Gasteiger partial charge in [0.25, 0.3) is 0 Å². The van der Waals surface area contributed by atoms with E-state index in [1.54, 1.807) is 0 Å². The summed E-state index contributed by atoms with van der Waals surface area (Å²) in [7, 11) is -0.234. The SMILES string of the molecule is CC([SiH2]Cl)C1CCCCC1. The van der Waals surface area contributed by atoms with Gasteiger partial charge in [-0.25, -0.2) is 0 Å². The molecule has 0 saturated heterocycles. The van der Waals surface area contributed by atoms with E-state index in [2.05, 4.69) is 6.92 Å². The average molecular weight is 177 g/mol. The second-order valence-corrected chi connectivity index (χ2v) is 6.05. The molecule has 1 unspecified atom stereocenters. The van der Waals surface area contributed by atoms with Crippen LogP contribution in [0.2, 0.25) is 5.54 Å². The zero-order valence-electron chi connectivity index (χ0n) is 6.78. The van der Waals surface area contributed by atoms with Crippen LogP contribution in [0.25, 0.3) is 0 Å². The van der Waals surface area contributed by atoms with E-state index in [0.717, 1.165) is 11.5 Å². The van der Waals surface area contributed by atoms with Crippen molar-refractivity contribution in [3.63, 3.8) is 0 Å². The van der Waals surface area contributed by atoms with Crippen molar-refractivity contribution in [3.8, 4) is 0 Å². The molecule has 0 radical (unpaired) electrons. The summed E-state index contributed by atoms with van der Waals surface area (Å²) in [5.41, 5.74) is 0.891. The third-order valence-corrected chi connectivity index (χ3v) is 5.31. The second kappa shape index (κ2) is 4.40. The molecule has 60 valence electrons. The highest BCUT2D eigenvalue weighted by molar-refractivity contribution is 6.94. The van der Waals surface area contributed by atoms with Gasteiger partial charge in [0.1, 0.15) is 8.83 Å². The maximum Gasteiger partial charge on any atom is 0.128 e. The number of hydrogen-bond donors (Lipinski definition) is 0. The predicted octanol–water partition coefficient (Wildman–Crippen LogP) is 2.70. The molecule has 1 saturated carbocycles. The Morgan fingerprint density at radius 1 is 1.30 bits per heavy atom. The first kappa shape index (κ1) is 8.60. The lowest BCUT2D eigenvalue weighted by molar-refractivity contribution is 0.349. The van der Waals surface area contributed by atoms with Crippen molar-refractivity contribution in [2.24, 2.45) is 5.92 Å². The summed E-state index contributed by atoms with van der Waals surface area (Å²) >= 11 is 5.92. The Kier molecular flexibility index (Phi) is 3.78. The lowest BCUT2D eigenvalue weighted by Crippen LogP contribution is -2.13. The van der Waals surface area contributed by atoms with Gasteiger partial charge in [-0.05, 0) is 11.5 Å². The Hall–Kier alpha value is 0.507. The molecular weight excluding hydrogens is 160 g/mol. The molecule has 0 bridgehead atoms. The van der Waals surface area contributed by atoms with Crippen LogP contribution in [0.15, 0.2) is 0 Å². The van der Waals surface area contributed by atoms with Gasteiger partial charge in [0.15, 0.2) is 0 Å². The maximum atomic E-state index is 5.92. The van der Waals surface area contributed by atoms with E-state index in [1.165, 1.54) is 32.1 Å². The summed E-state index contributed by atoms with van der Waals surface area (Å²) in [6.07, 6.45) is 7.30. The van der Waals surface area contributed by atoms with Crippen LogP contribution in [0.1, 0.15) is 39.0 Å². The minimum absolute atomic E-state index is 0.234. The molecule has 0 aromatic heterocycles. The lowest BCUT2D eigenvalue weighted by atomic mass is 9.87. The maximum absolute atomic E-state index is 5.92. The van der Waals surface area contributed by atoms with Crippen LogP contribution in [0, 0.1) is 5.92 Å². The summed E-state index contributed by atoms with van der Waals surface area (Å²) in [5, 5.41) is 0. The number of rotatable bonds is 2. The van der Waals surface area contributed by atoms with Gasteiger partial charge in [-0.1, -0.05) is 39.0 Å². The third-order valence-electron chi connectivity index (χ3n) is 2.70. The van der Waals surface area contributed by atoms with Crippen molar-refractivity contribution in [1.82, 2.24) is 0 Å². The summed E-state index contributed by atoms with van der Waals surface area (Å²) in [4.78, 5) is 0. The Labute approximate surface area is 70.9 Å². The number of halogens is 1. The zero-order valence-corrected chi connectivity index (χ0v) is 8.95. The van der Waals surface area contributed by atoms with E-state index < -0.39 is 0 Å². The topological polar surface area (TPSA) is 0 Å². The first-order chi connectivity index (χ1) is 4.84. The van der Waals surface area contributed by atoms with Gasteiger partial charge >= 0.3 is 0 Å². The molecule has 1 fully saturated rings. The second-order valence-electron chi connectivity index (χ2n) is 3.53. The first-order valence-electron chi connectivity index (χ1n) is 4.40. The van der Waals surface area contributed by atoms with Crippen LogP contribution in [-0.2, 0) is 0 Å². The number of hydrogen-bond acceptors (Lipinski definition) is 0. The van der Waals surface area contributed by atoms with E-state index in [-0.39, 0.29) is 8.83 Å². The quantitative estimate of drug-likeness (QED) is 0.449. The van der Waals surface area contributed by atoms with Crippen LogP contribution in [0.5, 0.6) is 0 Å². The molecule has 1 rings (SSSR count). The summed E-state index contributed by atoms with van der Waals surface area (Å²) < 4.78 is 0. The highest BCUT2D eigenvalue weighted by atomic mass is 35.6. The summed E-state index contributed by atoms with van der Waals surface area (Å²) in [6, 6.07) is 0. The van der Waals surface area contributed by atoms with Crippen molar-refractivity contribution < 1.29 is 0 Å². The third kappa shape index (κ3) is 2.28. The fourth-order valence-corrected chi connectivity index (χ4v) is 3.31. The fourth-order valence-electron chi connectivity index (χ4n) is 1.83. The van der Waals surface area contributed by atoms with E-state index in [1.807, 2.05) is 0 Å². The largest absolute Gasteiger partial charge is 0.176 e. The van der Waals surface area contributed by atoms with Crippen LogP contribution >= 0.6 is 11.1 Å². The van der Waals surface area contributed by atoms with Crippen LogP contribution in [0.3, 0.4) is 0 Å². The van der Waals surface area contributed by atoms with Gasteiger partial charge in [0.05, 0.1) is 0 Å². The van der Waals surface area contributed by atoms with E-state index >= 15 is 0 Å². The van der Waals surface area contributed by atoms with Gasteiger partial charge in [-0.15, -0.1) is 0 Å². The lowest BCUT2D eigenvalue weighted by Gasteiger charge is -2.25. The molecule has 0 aliphatic heterocycles. The van der Waals surface area contributed by atoms with Gasteiger partial charge in [0, 0.05) is 0 Å². The zero-order chi connectivity index (χ0) is 7.40. The minimum atomic E-state index is -0.234.